The molecule has 1 aromatic carbocycles. The Hall–Kier alpha value is -1.29. The van der Waals surface area contributed by atoms with Crippen LogP contribution in [0.15, 0.2) is 18.2 Å². The third-order valence-corrected chi connectivity index (χ3v) is 2.56. The number of nitrogens with one attached hydrogen (secondary N) is 1. The summed E-state index contributed by atoms with van der Waals surface area (Å²) in [6, 6.07) is 4.35. The minimum Gasteiger partial charge on any atom is -0.494 e. The number of ether oxygens (including phenoxy) is 1. The van der Waals surface area contributed by atoms with Gasteiger partial charge in [0.05, 0.1) is 13.2 Å². The van der Waals surface area contributed by atoms with Gasteiger partial charge in [0.2, 0.25) is 5.91 Å². The van der Waals surface area contributed by atoms with E-state index in [9.17, 15) is 9.18 Å². The van der Waals surface area contributed by atoms with Crippen LogP contribution in [-0.4, -0.2) is 18.9 Å². The molecule has 0 saturated heterocycles. The SMILES string of the molecule is COc1ccc(C(C)NC(=O)CCCl)cc1F. The van der Waals surface area contributed by atoms with E-state index in [0.717, 1.165) is 0 Å². The van der Waals surface area contributed by atoms with Gasteiger partial charge in [-0.05, 0) is 24.6 Å². The van der Waals surface area contributed by atoms with Crippen molar-refractivity contribution >= 4 is 17.5 Å². The molecule has 5 heteroatoms. The lowest BCUT2D eigenvalue weighted by Gasteiger charge is -2.14. The average molecular weight is 260 g/mol. The van der Waals surface area contributed by atoms with E-state index >= 15 is 0 Å². The second-order valence-corrected chi connectivity index (χ2v) is 4.00. The Balaban J connectivity index is 2.72. The standard InChI is InChI=1S/C12H15ClFNO2/c1-8(15-12(16)5-6-13)9-3-4-11(17-2)10(14)7-9/h3-4,7-8H,5-6H2,1-2H3,(H,15,16). The summed E-state index contributed by atoms with van der Waals surface area (Å²) in [5.41, 5.74) is 0.686. The number of methoxy groups -OCH3 is 1. The molecule has 1 atom stereocenters. The molecule has 1 rings (SSSR count). The molecule has 0 aliphatic rings. The number of halogens is 2. The summed E-state index contributed by atoms with van der Waals surface area (Å²) in [7, 11) is 1.41. The summed E-state index contributed by atoms with van der Waals surface area (Å²) in [5, 5.41) is 2.73. The van der Waals surface area contributed by atoms with Crippen LogP contribution >= 0.6 is 11.6 Å². The minimum atomic E-state index is -0.441. The Morgan fingerprint density at radius 3 is 2.82 bits per heavy atom. The minimum absolute atomic E-state index is 0.149. The zero-order chi connectivity index (χ0) is 12.8. The van der Waals surface area contributed by atoms with Crippen LogP contribution < -0.4 is 10.1 Å². The molecular weight excluding hydrogens is 245 g/mol. The fourth-order valence-corrected chi connectivity index (χ4v) is 1.61. The van der Waals surface area contributed by atoms with Gasteiger partial charge in [-0.25, -0.2) is 4.39 Å². The predicted octanol–water partition coefficient (Wildman–Crippen LogP) is 2.64. The van der Waals surface area contributed by atoms with Gasteiger partial charge in [-0.3, -0.25) is 4.79 Å². The second kappa shape index (κ2) is 6.45. The van der Waals surface area contributed by atoms with E-state index in [1.165, 1.54) is 19.2 Å². The molecule has 0 saturated carbocycles. The number of hydrogen-bond donors (Lipinski definition) is 1. The zero-order valence-electron chi connectivity index (χ0n) is 9.80. The maximum Gasteiger partial charge on any atom is 0.221 e. The molecule has 0 heterocycles. The molecule has 0 bridgehead atoms. The topological polar surface area (TPSA) is 38.3 Å². The van der Waals surface area contributed by atoms with E-state index < -0.39 is 5.82 Å². The average Bonchev–Trinajstić information content (AvgIpc) is 2.29. The van der Waals surface area contributed by atoms with Gasteiger partial charge in [-0.2, -0.15) is 0 Å². The first kappa shape index (κ1) is 13.8. The molecule has 1 aromatic rings. The van der Waals surface area contributed by atoms with E-state index in [0.29, 0.717) is 5.56 Å². The first-order chi connectivity index (χ1) is 8.08. The van der Waals surface area contributed by atoms with Crippen molar-refractivity contribution in [3.63, 3.8) is 0 Å². The van der Waals surface area contributed by atoms with Crippen LogP contribution in [0.4, 0.5) is 4.39 Å². The normalized spacial score (nSPS) is 12.0. The van der Waals surface area contributed by atoms with Crippen LogP contribution in [0.2, 0.25) is 0 Å². The molecule has 94 valence electrons. The molecule has 1 amide bonds. The number of benzene rings is 1. The Kier molecular flexibility index (Phi) is 5.22. The van der Waals surface area contributed by atoms with E-state index in [1.807, 2.05) is 0 Å². The van der Waals surface area contributed by atoms with Crippen molar-refractivity contribution in [3.8, 4) is 5.75 Å². The molecule has 0 aromatic heterocycles. The van der Waals surface area contributed by atoms with Crippen LogP contribution in [0.5, 0.6) is 5.75 Å². The molecule has 3 nitrogen and oxygen atoms in total. The first-order valence-electron chi connectivity index (χ1n) is 5.27. The highest BCUT2D eigenvalue weighted by Crippen LogP contribution is 2.21. The Morgan fingerprint density at radius 1 is 1.59 bits per heavy atom. The van der Waals surface area contributed by atoms with Crippen LogP contribution in [0.3, 0.4) is 0 Å². The van der Waals surface area contributed by atoms with Crippen molar-refractivity contribution in [2.24, 2.45) is 0 Å². The number of hydrogen-bond acceptors (Lipinski definition) is 2. The summed E-state index contributed by atoms with van der Waals surface area (Å²) >= 11 is 5.45. The molecule has 0 aliphatic heterocycles. The summed E-state index contributed by atoms with van der Waals surface area (Å²) < 4.78 is 18.3. The fourth-order valence-electron chi connectivity index (χ4n) is 1.43. The van der Waals surface area contributed by atoms with Gasteiger partial charge in [0, 0.05) is 12.3 Å². The van der Waals surface area contributed by atoms with E-state index in [2.05, 4.69) is 5.32 Å². The molecule has 0 radical (unpaired) electrons. The summed E-state index contributed by atoms with van der Waals surface area (Å²) in [4.78, 5) is 11.3. The highest BCUT2D eigenvalue weighted by molar-refractivity contribution is 6.18. The van der Waals surface area contributed by atoms with E-state index in [1.54, 1.807) is 13.0 Å². The highest BCUT2D eigenvalue weighted by atomic mass is 35.5. The van der Waals surface area contributed by atoms with Gasteiger partial charge in [0.15, 0.2) is 11.6 Å². The van der Waals surface area contributed by atoms with Crippen molar-refractivity contribution < 1.29 is 13.9 Å². The monoisotopic (exact) mass is 259 g/mol. The number of carbonyl (C=O) groups is 1. The lowest BCUT2D eigenvalue weighted by molar-refractivity contribution is -0.121. The molecule has 0 spiro atoms. The van der Waals surface area contributed by atoms with Gasteiger partial charge in [0.25, 0.3) is 0 Å². The van der Waals surface area contributed by atoms with Gasteiger partial charge in [-0.1, -0.05) is 6.07 Å². The molecular formula is C12H15ClFNO2. The van der Waals surface area contributed by atoms with Crippen molar-refractivity contribution in [2.75, 3.05) is 13.0 Å². The van der Waals surface area contributed by atoms with Gasteiger partial charge < -0.3 is 10.1 Å². The lowest BCUT2D eigenvalue weighted by Crippen LogP contribution is -2.26. The van der Waals surface area contributed by atoms with Crippen LogP contribution in [0.1, 0.15) is 24.9 Å². The van der Waals surface area contributed by atoms with Crippen molar-refractivity contribution in [3.05, 3.63) is 29.6 Å². The summed E-state index contributed by atoms with van der Waals surface area (Å²) in [6.07, 6.45) is 0.254. The van der Waals surface area contributed by atoms with Gasteiger partial charge in [-0.15, -0.1) is 11.6 Å². The Labute approximate surface area is 105 Å². The zero-order valence-corrected chi connectivity index (χ0v) is 10.6. The van der Waals surface area contributed by atoms with Crippen molar-refractivity contribution in [1.82, 2.24) is 5.32 Å². The summed E-state index contributed by atoms with van der Waals surface area (Å²) in [6.45, 7) is 1.79. The molecule has 17 heavy (non-hydrogen) atoms. The van der Waals surface area contributed by atoms with Crippen LogP contribution in [0.25, 0.3) is 0 Å². The molecule has 1 N–H and O–H groups in total. The fraction of sp³-hybridized carbons (Fsp3) is 0.417. The highest BCUT2D eigenvalue weighted by Gasteiger charge is 2.11. The van der Waals surface area contributed by atoms with E-state index in [4.69, 9.17) is 16.3 Å². The van der Waals surface area contributed by atoms with Crippen molar-refractivity contribution in [1.29, 1.82) is 0 Å². The first-order valence-corrected chi connectivity index (χ1v) is 5.80. The third kappa shape index (κ3) is 3.89. The Bertz CT molecular complexity index is 398. The maximum absolute atomic E-state index is 13.4. The largest absolute Gasteiger partial charge is 0.494 e. The molecule has 1 unspecified atom stereocenters. The summed E-state index contributed by atoms with van der Waals surface area (Å²) in [5.74, 6) is -0.129. The predicted molar refractivity (Wildman–Crippen MR) is 64.8 cm³/mol. The number of rotatable bonds is 5. The van der Waals surface area contributed by atoms with E-state index in [-0.39, 0.29) is 30.0 Å². The van der Waals surface area contributed by atoms with Gasteiger partial charge in [0.1, 0.15) is 0 Å². The third-order valence-electron chi connectivity index (χ3n) is 2.37. The number of carbonyl (C=O) groups excluding carboxylic acids is 1. The Morgan fingerprint density at radius 2 is 2.29 bits per heavy atom. The lowest BCUT2D eigenvalue weighted by atomic mass is 10.1. The number of amides is 1. The van der Waals surface area contributed by atoms with Crippen molar-refractivity contribution in [2.45, 2.75) is 19.4 Å². The maximum atomic E-state index is 13.4. The smallest absolute Gasteiger partial charge is 0.221 e. The van der Waals surface area contributed by atoms with Gasteiger partial charge >= 0.3 is 0 Å². The van der Waals surface area contributed by atoms with Crippen LogP contribution in [-0.2, 0) is 4.79 Å². The second-order valence-electron chi connectivity index (χ2n) is 3.62. The number of alkyl halides is 1. The quantitative estimate of drug-likeness (QED) is 0.826. The molecule has 0 fully saturated rings. The molecule has 0 aliphatic carbocycles. The van der Waals surface area contributed by atoms with Crippen LogP contribution in [0, 0.1) is 5.82 Å².